The predicted molar refractivity (Wildman–Crippen MR) is 78.4 cm³/mol. The molecule has 0 saturated heterocycles. The van der Waals surface area contributed by atoms with Gasteiger partial charge in [-0.1, -0.05) is 12.1 Å². The van der Waals surface area contributed by atoms with Gasteiger partial charge in [-0.05, 0) is 30.7 Å². The van der Waals surface area contributed by atoms with Crippen LogP contribution in [0.15, 0.2) is 42.7 Å². The summed E-state index contributed by atoms with van der Waals surface area (Å²) < 4.78 is 1.76. The predicted octanol–water partition coefficient (Wildman–Crippen LogP) is 0.497. The van der Waals surface area contributed by atoms with Gasteiger partial charge in [-0.3, -0.25) is 9.48 Å². The molecule has 0 aliphatic carbocycles. The number of rotatable bonds is 6. The van der Waals surface area contributed by atoms with Crippen molar-refractivity contribution in [3.63, 3.8) is 0 Å². The summed E-state index contributed by atoms with van der Waals surface area (Å²) in [6.45, 7) is 1.36. The summed E-state index contributed by atoms with van der Waals surface area (Å²) in [5.41, 5.74) is -0.612. The number of benzene rings is 1. The van der Waals surface area contributed by atoms with Crippen LogP contribution in [0.3, 0.4) is 0 Å². The topological polar surface area (TPSA) is 104 Å². The number of hydrogen-bond acceptors (Lipinski definition) is 4. The van der Waals surface area contributed by atoms with E-state index in [-0.39, 0.29) is 6.54 Å². The van der Waals surface area contributed by atoms with E-state index >= 15 is 0 Å². The number of aliphatic carboxylic acids is 1. The molecule has 0 aliphatic heterocycles. The normalized spacial score (nSPS) is 13.4. The third-order valence-corrected chi connectivity index (χ3v) is 3.17. The molecule has 7 heteroatoms. The number of carbonyl (C=O) groups excluding carboxylic acids is 1. The minimum absolute atomic E-state index is 0.365. The minimum Gasteiger partial charge on any atom is -0.479 e. The number of nitrogens with zero attached hydrogens (tertiary/aromatic N) is 2. The molecule has 0 bridgehead atoms. The number of hydrogen-bond donors (Lipinski definition) is 3. The van der Waals surface area contributed by atoms with Crippen LogP contribution in [0.25, 0.3) is 0 Å². The van der Waals surface area contributed by atoms with Gasteiger partial charge in [0.1, 0.15) is 0 Å². The molecule has 0 saturated carbocycles. The Morgan fingerprint density at radius 1 is 1.32 bits per heavy atom. The van der Waals surface area contributed by atoms with E-state index in [9.17, 15) is 14.7 Å². The Labute approximate surface area is 127 Å². The Morgan fingerprint density at radius 3 is 2.55 bits per heavy atom. The van der Waals surface area contributed by atoms with Crippen LogP contribution in [0.5, 0.6) is 0 Å². The lowest BCUT2D eigenvalue weighted by Crippen LogP contribution is -2.46. The number of nitrogens with one attached hydrogen (secondary N) is 1. The number of aliphatic hydroxyl groups is 1. The number of aromatic nitrogens is 2. The average Bonchev–Trinajstić information content (AvgIpc) is 2.98. The summed E-state index contributed by atoms with van der Waals surface area (Å²) in [6, 6.07) is 8.71. The zero-order valence-corrected chi connectivity index (χ0v) is 12.1. The van der Waals surface area contributed by atoms with Crippen LogP contribution in [0.4, 0.5) is 0 Å². The smallest absolute Gasteiger partial charge is 0.337 e. The number of carboxylic acid groups (broad SMARTS) is 1. The highest BCUT2D eigenvalue weighted by atomic mass is 16.4. The van der Waals surface area contributed by atoms with E-state index in [1.54, 1.807) is 35.1 Å². The SMILES string of the molecule is CC(O)(CNC(=O)c1ccc(Cn2cccn2)cc1)C(=O)O. The third-order valence-electron chi connectivity index (χ3n) is 3.17. The van der Waals surface area contributed by atoms with Crippen LogP contribution >= 0.6 is 0 Å². The van der Waals surface area contributed by atoms with Crippen LogP contribution in [0.1, 0.15) is 22.8 Å². The van der Waals surface area contributed by atoms with Crippen LogP contribution < -0.4 is 5.32 Å². The van der Waals surface area contributed by atoms with Crippen LogP contribution in [0, 0.1) is 0 Å². The van der Waals surface area contributed by atoms with Gasteiger partial charge in [-0.2, -0.15) is 5.10 Å². The maximum Gasteiger partial charge on any atom is 0.337 e. The largest absolute Gasteiger partial charge is 0.479 e. The summed E-state index contributed by atoms with van der Waals surface area (Å²) in [5.74, 6) is -1.82. The van der Waals surface area contributed by atoms with Gasteiger partial charge < -0.3 is 15.5 Å². The fourth-order valence-corrected chi connectivity index (χ4v) is 1.77. The molecule has 1 aromatic heterocycles. The average molecular weight is 303 g/mol. The Kier molecular flexibility index (Phi) is 4.57. The Bertz CT molecular complexity index is 648. The van der Waals surface area contributed by atoms with Crippen LogP contribution in [-0.2, 0) is 11.3 Å². The maximum atomic E-state index is 11.9. The summed E-state index contributed by atoms with van der Waals surface area (Å²) in [5, 5.41) is 24.8. The second-order valence-corrected chi connectivity index (χ2v) is 5.16. The zero-order valence-electron chi connectivity index (χ0n) is 12.1. The van der Waals surface area contributed by atoms with Crippen molar-refractivity contribution in [3.05, 3.63) is 53.9 Å². The summed E-state index contributed by atoms with van der Waals surface area (Å²) in [7, 11) is 0. The zero-order chi connectivity index (χ0) is 16.2. The van der Waals surface area contributed by atoms with Crippen molar-refractivity contribution in [1.82, 2.24) is 15.1 Å². The molecule has 0 radical (unpaired) electrons. The Morgan fingerprint density at radius 2 is 2.00 bits per heavy atom. The molecule has 0 spiro atoms. The first-order chi connectivity index (χ1) is 10.4. The molecule has 1 heterocycles. The summed E-state index contributed by atoms with van der Waals surface area (Å²) in [4.78, 5) is 22.7. The number of carboxylic acids is 1. The second-order valence-electron chi connectivity index (χ2n) is 5.16. The Balaban J connectivity index is 1.95. The van der Waals surface area contributed by atoms with Gasteiger partial charge in [-0.25, -0.2) is 4.79 Å². The molecule has 1 aromatic carbocycles. The highest BCUT2D eigenvalue weighted by Gasteiger charge is 2.30. The molecule has 1 amide bonds. The lowest BCUT2D eigenvalue weighted by Gasteiger charge is -2.18. The van der Waals surface area contributed by atoms with Gasteiger partial charge in [0.2, 0.25) is 0 Å². The molecule has 7 nitrogen and oxygen atoms in total. The maximum absolute atomic E-state index is 11.9. The van der Waals surface area contributed by atoms with Crippen molar-refractivity contribution in [1.29, 1.82) is 0 Å². The van der Waals surface area contributed by atoms with E-state index in [0.717, 1.165) is 12.5 Å². The van der Waals surface area contributed by atoms with Crippen molar-refractivity contribution in [3.8, 4) is 0 Å². The van der Waals surface area contributed by atoms with Gasteiger partial charge in [0, 0.05) is 18.0 Å². The molecular formula is C15H17N3O4. The van der Waals surface area contributed by atoms with Crippen LogP contribution in [0.2, 0.25) is 0 Å². The van der Waals surface area contributed by atoms with Gasteiger partial charge in [-0.15, -0.1) is 0 Å². The molecule has 0 aliphatic rings. The van der Waals surface area contributed by atoms with Crippen LogP contribution in [-0.4, -0.2) is 44.0 Å². The van der Waals surface area contributed by atoms with E-state index in [0.29, 0.717) is 12.1 Å². The lowest BCUT2D eigenvalue weighted by atomic mass is 10.1. The summed E-state index contributed by atoms with van der Waals surface area (Å²) in [6.07, 6.45) is 3.53. The standard InChI is InChI=1S/C15H17N3O4/c1-15(22,14(20)21)10-16-13(19)12-5-3-11(4-6-12)9-18-8-2-7-17-18/h2-8,22H,9-10H2,1H3,(H,16,19)(H,20,21). The van der Waals surface area contributed by atoms with Crippen molar-refractivity contribution in [2.24, 2.45) is 0 Å². The monoisotopic (exact) mass is 303 g/mol. The highest BCUT2D eigenvalue weighted by molar-refractivity contribution is 5.94. The fourth-order valence-electron chi connectivity index (χ4n) is 1.77. The van der Waals surface area contributed by atoms with Gasteiger partial charge >= 0.3 is 5.97 Å². The lowest BCUT2D eigenvalue weighted by molar-refractivity contribution is -0.155. The number of amides is 1. The quantitative estimate of drug-likeness (QED) is 0.720. The summed E-state index contributed by atoms with van der Waals surface area (Å²) >= 11 is 0. The molecular weight excluding hydrogens is 286 g/mol. The highest BCUT2D eigenvalue weighted by Crippen LogP contribution is 2.07. The fraction of sp³-hybridized carbons (Fsp3) is 0.267. The van der Waals surface area contributed by atoms with Crippen molar-refractivity contribution >= 4 is 11.9 Å². The van der Waals surface area contributed by atoms with E-state index in [1.165, 1.54) is 0 Å². The van der Waals surface area contributed by atoms with Gasteiger partial charge in [0.15, 0.2) is 5.60 Å². The molecule has 3 N–H and O–H groups in total. The molecule has 1 unspecified atom stereocenters. The number of carbonyl (C=O) groups is 2. The minimum atomic E-state index is -1.99. The Hall–Kier alpha value is -2.67. The third kappa shape index (κ3) is 3.92. The molecule has 2 rings (SSSR count). The first-order valence-corrected chi connectivity index (χ1v) is 6.69. The van der Waals surface area contributed by atoms with Crippen molar-refractivity contribution < 1.29 is 19.8 Å². The molecule has 116 valence electrons. The van der Waals surface area contributed by atoms with Gasteiger partial charge in [0.05, 0.1) is 13.1 Å². The molecule has 1 atom stereocenters. The first kappa shape index (κ1) is 15.7. The molecule has 2 aromatic rings. The van der Waals surface area contributed by atoms with E-state index in [1.807, 2.05) is 12.3 Å². The second kappa shape index (κ2) is 6.40. The van der Waals surface area contributed by atoms with Crippen molar-refractivity contribution in [2.45, 2.75) is 19.1 Å². The molecule has 0 fully saturated rings. The van der Waals surface area contributed by atoms with E-state index in [2.05, 4.69) is 10.4 Å². The van der Waals surface area contributed by atoms with Crippen molar-refractivity contribution in [2.75, 3.05) is 6.54 Å². The van der Waals surface area contributed by atoms with E-state index in [4.69, 9.17) is 5.11 Å². The molecule has 22 heavy (non-hydrogen) atoms. The first-order valence-electron chi connectivity index (χ1n) is 6.69. The van der Waals surface area contributed by atoms with Gasteiger partial charge in [0.25, 0.3) is 5.91 Å². The van der Waals surface area contributed by atoms with E-state index < -0.39 is 17.5 Å².